The van der Waals surface area contributed by atoms with Gasteiger partial charge in [0.2, 0.25) is 5.91 Å². The molecular formula is C27H32N2O6. The number of ether oxygens (including phenoxy) is 2. The van der Waals surface area contributed by atoms with Gasteiger partial charge in [-0.25, -0.2) is 9.59 Å². The van der Waals surface area contributed by atoms with Gasteiger partial charge in [0, 0.05) is 24.9 Å². The minimum Gasteiger partial charge on any atom is -0.479 e. The number of nitrogens with zero attached hydrogens (tertiary/aromatic N) is 1. The number of carboxylic acids is 1. The fraction of sp³-hybridized carbons (Fsp3) is 0.444. The predicted octanol–water partition coefficient (Wildman–Crippen LogP) is 3.64. The molecule has 8 nitrogen and oxygen atoms in total. The lowest BCUT2D eigenvalue weighted by Crippen LogP contribution is -2.57. The Morgan fingerprint density at radius 1 is 1.11 bits per heavy atom. The number of nitrogens with one attached hydrogen (secondary N) is 1. The fourth-order valence-corrected chi connectivity index (χ4v) is 4.77. The van der Waals surface area contributed by atoms with Gasteiger partial charge in [0.1, 0.15) is 6.61 Å². The Morgan fingerprint density at radius 2 is 1.71 bits per heavy atom. The average molecular weight is 481 g/mol. The first kappa shape index (κ1) is 24.7. The van der Waals surface area contributed by atoms with Crippen molar-refractivity contribution in [2.75, 3.05) is 26.3 Å². The largest absolute Gasteiger partial charge is 0.479 e. The van der Waals surface area contributed by atoms with E-state index in [-0.39, 0.29) is 43.9 Å². The van der Waals surface area contributed by atoms with Crippen LogP contribution in [0.4, 0.5) is 4.79 Å². The Morgan fingerprint density at radius 3 is 2.29 bits per heavy atom. The Balaban J connectivity index is 1.37. The van der Waals surface area contributed by atoms with Gasteiger partial charge >= 0.3 is 12.1 Å². The second-order valence-corrected chi connectivity index (χ2v) is 9.72. The van der Waals surface area contributed by atoms with Crippen LogP contribution in [-0.2, 0) is 19.1 Å². The zero-order valence-corrected chi connectivity index (χ0v) is 20.3. The number of amides is 2. The number of carbonyl (C=O) groups excluding carboxylic acids is 2. The van der Waals surface area contributed by atoms with Gasteiger partial charge in [-0.05, 0) is 35.1 Å². The first-order chi connectivity index (χ1) is 16.7. The third-order valence-corrected chi connectivity index (χ3v) is 6.93. The van der Waals surface area contributed by atoms with Crippen LogP contribution in [0.2, 0.25) is 0 Å². The van der Waals surface area contributed by atoms with Crippen molar-refractivity contribution in [2.24, 2.45) is 5.92 Å². The normalized spacial score (nSPS) is 20.2. The van der Waals surface area contributed by atoms with E-state index in [2.05, 4.69) is 29.6 Å². The van der Waals surface area contributed by atoms with E-state index in [1.54, 1.807) is 0 Å². The number of carboxylic acid groups (broad SMARTS) is 1. The van der Waals surface area contributed by atoms with Gasteiger partial charge in [-0.2, -0.15) is 0 Å². The summed E-state index contributed by atoms with van der Waals surface area (Å²) in [6.07, 6.45) is -0.520. The van der Waals surface area contributed by atoms with Gasteiger partial charge in [-0.1, -0.05) is 62.4 Å². The van der Waals surface area contributed by atoms with Gasteiger partial charge < -0.3 is 24.8 Å². The first-order valence-corrected chi connectivity index (χ1v) is 12.0. The molecule has 1 unspecified atom stereocenters. The SMILES string of the molecule is CC(C)[C@@H](CC(=O)N1CCOC(C)(C(=O)O)C1)NC(=O)OCC1c2ccccc2-c2ccccc21. The van der Waals surface area contributed by atoms with Crippen LogP contribution in [0.5, 0.6) is 0 Å². The minimum absolute atomic E-state index is 0.0219. The summed E-state index contributed by atoms with van der Waals surface area (Å²) in [5.74, 6) is -1.40. The highest BCUT2D eigenvalue weighted by Gasteiger charge is 2.41. The van der Waals surface area contributed by atoms with Crippen molar-refractivity contribution in [3.8, 4) is 11.1 Å². The number of alkyl carbamates (subject to hydrolysis) is 1. The van der Waals surface area contributed by atoms with E-state index < -0.39 is 23.7 Å². The molecule has 0 radical (unpaired) electrons. The smallest absolute Gasteiger partial charge is 0.407 e. The zero-order chi connectivity index (χ0) is 25.2. The lowest BCUT2D eigenvalue weighted by Gasteiger charge is -2.38. The highest BCUT2D eigenvalue weighted by molar-refractivity contribution is 5.82. The van der Waals surface area contributed by atoms with Gasteiger partial charge in [0.25, 0.3) is 0 Å². The number of morpholine rings is 1. The van der Waals surface area contributed by atoms with Crippen LogP contribution in [-0.4, -0.2) is 65.9 Å². The lowest BCUT2D eigenvalue weighted by molar-refractivity contribution is -0.177. The lowest BCUT2D eigenvalue weighted by atomic mass is 9.98. The molecule has 1 heterocycles. The van der Waals surface area contributed by atoms with E-state index >= 15 is 0 Å². The molecule has 35 heavy (non-hydrogen) atoms. The van der Waals surface area contributed by atoms with E-state index in [0.29, 0.717) is 6.54 Å². The van der Waals surface area contributed by atoms with Crippen LogP contribution < -0.4 is 5.32 Å². The highest BCUT2D eigenvalue weighted by atomic mass is 16.5. The molecule has 1 aliphatic heterocycles. The number of aliphatic carboxylic acids is 1. The summed E-state index contributed by atoms with van der Waals surface area (Å²) in [6.45, 7) is 5.93. The third kappa shape index (κ3) is 5.17. The molecule has 1 aliphatic carbocycles. The molecule has 186 valence electrons. The molecule has 0 bridgehead atoms. The number of hydrogen-bond acceptors (Lipinski definition) is 5. The van der Waals surface area contributed by atoms with Crippen molar-refractivity contribution in [1.29, 1.82) is 0 Å². The van der Waals surface area contributed by atoms with E-state index in [4.69, 9.17) is 9.47 Å². The summed E-state index contributed by atoms with van der Waals surface area (Å²) < 4.78 is 11.0. The summed E-state index contributed by atoms with van der Waals surface area (Å²) in [5, 5.41) is 12.3. The molecule has 1 fully saturated rings. The van der Waals surface area contributed by atoms with Crippen molar-refractivity contribution in [1.82, 2.24) is 10.2 Å². The average Bonchev–Trinajstić information content (AvgIpc) is 3.16. The van der Waals surface area contributed by atoms with Gasteiger partial charge in [-0.15, -0.1) is 0 Å². The molecule has 8 heteroatoms. The van der Waals surface area contributed by atoms with E-state index in [1.165, 1.54) is 11.8 Å². The molecule has 2 aromatic carbocycles. The Bertz CT molecular complexity index is 1070. The maximum Gasteiger partial charge on any atom is 0.407 e. The molecule has 4 rings (SSSR count). The van der Waals surface area contributed by atoms with Crippen molar-refractivity contribution in [2.45, 2.75) is 44.8 Å². The minimum atomic E-state index is -1.43. The van der Waals surface area contributed by atoms with E-state index in [0.717, 1.165) is 22.3 Å². The molecule has 2 aromatic rings. The predicted molar refractivity (Wildman–Crippen MR) is 130 cm³/mol. The van der Waals surface area contributed by atoms with E-state index in [9.17, 15) is 19.5 Å². The van der Waals surface area contributed by atoms with Gasteiger partial charge in [-0.3, -0.25) is 4.79 Å². The molecule has 0 spiro atoms. The molecule has 2 amide bonds. The van der Waals surface area contributed by atoms with Crippen LogP contribution in [0.15, 0.2) is 48.5 Å². The molecule has 1 saturated heterocycles. The molecule has 2 N–H and O–H groups in total. The Labute approximate surface area is 205 Å². The standard InChI is InChI=1S/C27H32N2O6/c1-17(2)23(14-24(30)29-12-13-35-27(3,16-29)25(31)32)28-26(33)34-15-22-20-10-6-4-8-18(20)19-9-5-7-11-21(19)22/h4-11,17,22-23H,12-16H2,1-3H3,(H,28,33)(H,31,32)/t23-,27?/m1/s1. The summed E-state index contributed by atoms with van der Waals surface area (Å²) in [5.41, 5.74) is 3.14. The quantitative estimate of drug-likeness (QED) is 0.627. The second kappa shape index (κ2) is 10.1. The van der Waals surface area contributed by atoms with Crippen molar-refractivity contribution < 1.29 is 29.0 Å². The summed E-state index contributed by atoms with van der Waals surface area (Å²) >= 11 is 0. The third-order valence-electron chi connectivity index (χ3n) is 6.93. The summed E-state index contributed by atoms with van der Waals surface area (Å²) in [6, 6.07) is 15.8. The summed E-state index contributed by atoms with van der Waals surface area (Å²) in [4.78, 5) is 38.7. The van der Waals surface area contributed by atoms with Crippen molar-refractivity contribution in [3.05, 3.63) is 59.7 Å². The van der Waals surface area contributed by atoms with Gasteiger partial charge in [0.05, 0.1) is 13.2 Å². The van der Waals surface area contributed by atoms with Crippen LogP contribution >= 0.6 is 0 Å². The van der Waals surface area contributed by atoms with Crippen molar-refractivity contribution in [3.63, 3.8) is 0 Å². The van der Waals surface area contributed by atoms with Crippen LogP contribution in [0.1, 0.15) is 44.2 Å². The maximum absolute atomic E-state index is 12.9. The Kier molecular flexibility index (Phi) is 7.12. The number of fused-ring (bicyclic) bond motifs is 3. The number of hydrogen-bond donors (Lipinski definition) is 2. The first-order valence-electron chi connectivity index (χ1n) is 12.0. The number of benzene rings is 2. The molecule has 0 saturated carbocycles. The highest BCUT2D eigenvalue weighted by Crippen LogP contribution is 2.44. The van der Waals surface area contributed by atoms with E-state index in [1.807, 2.05) is 38.1 Å². The molecule has 2 atom stereocenters. The van der Waals surface area contributed by atoms with Gasteiger partial charge in [0.15, 0.2) is 5.60 Å². The molecule has 2 aliphatic rings. The van der Waals surface area contributed by atoms with Crippen molar-refractivity contribution >= 4 is 18.0 Å². The summed E-state index contributed by atoms with van der Waals surface area (Å²) in [7, 11) is 0. The zero-order valence-electron chi connectivity index (χ0n) is 20.3. The fourth-order valence-electron chi connectivity index (χ4n) is 4.77. The molecular weight excluding hydrogens is 448 g/mol. The second-order valence-electron chi connectivity index (χ2n) is 9.72. The van der Waals surface area contributed by atoms with Crippen LogP contribution in [0, 0.1) is 5.92 Å². The number of carbonyl (C=O) groups is 3. The topological polar surface area (TPSA) is 105 Å². The molecule has 0 aromatic heterocycles. The monoisotopic (exact) mass is 480 g/mol. The number of rotatable bonds is 7. The Hall–Kier alpha value is -3.39. The van der Waals surface area contributed by atoms with Crippen LogP contribution in [0.25, 0.3) is 11.1 Å². The van der Waals surface area contributed by atoms with Crippen LogP contribution in [0.3, 0.4) is 0 Å². The maximum atomic E-state index is 12.9.